The van der Waals surface area contributed by atoms with Crippen LogP contribution in [0.15, 0.2) is 23.8 Å². The number of hydrogen-bond donors (Lipinski definition) is 1. The van der Waals surface area contributed by atoms with Crippen molar-refractivity contribution >= 4 is 0 Å². The van der Waals surface area contributed by atoms with Gasteiger partial charge in [-0.15, -0.1) is 0 Å². The van der Waals surface area contributed by atoms with E-state index in [1.807, 2.05) is 7.11 Å². The molecule has 0 aromatic carbocycles. The minimum atomic E-state index is 0.235. The highest BCUT2D eigenvalue weighted by Crippen LogP contribution is 2.69. The molecule has 4 fully saturated rings. The van der Waals surface area contributed by atoms with Gasteiger partial charge in [-0.1, -0.05) is 37.6 Å². The first-order chi connectivity index (χ1) is 12.0. The van der Waals surface area contributed by atoms with Gasteiger partial charge in [-0.05, 0) is 80.5 Å². The number of fused-ring (bicyclic) bond motifs is 2. The summed E-state index contributed by atoms with van der Waals surface area (Å²) in [4.78, 5) is 0. The summed E-state index contributed by atoms with van der Waals surface area (Å²) in [6.07, 6.45) is 13.0. The zero-order valence-corrected chi connectivity index (χ0v) is 16.4. The van der Waals surface area contributed by atoms with Crippen LogP contribution in [0.25, 0.3) is 0 Å². The van der Waals surface area contributed by atoms with E-state index in [0.717, 1.165) is 5.92 Å². The fourth-order valence-corrected chi connectivity index (χ4v) is 7.24. The molecule has 0 unspecified atom stereocenters. The van der Waals surface area contributed by atoms with E-state index in [4.69, 9.17) is 4.74 Å². The molecule has 0 bridgehead atoms. The third kappa shape index (κ3) is 2.51. The van der Waals surface area contributed by atoms with Crippen molar-refractivity contribution in [2.24, 2.45) is 34.5 Å². The molecule has 4 saturated carbocycles. The van der Waals surface area contributed by atoms with Gasteiger partial charge in [-0.2, -0.15) is 0 Å². The molecule has 2 heteroatoms. The Hall–Kier alpha value is -0.600. The van der Waals surface area contributed by atoms with Gasteiger partial charge in [-0.3, -0.25) is 0 Å². The number of aliphatic hydroxyl groups is 1. The molecule has 0 aliphatic heterocycles. The highest BCUT2D eigenvalue weighted by molar-refractivity contribution is 5.35. The fourth-order valence-electron chi connectivity index (χ4n) is 7.24. The first-order valence-electron chi connectivity index (χ1n) is 10.5. The van der Waals surface area contributed by atoms with Gasteiger partial charge in [0.25, 0.3) is 0 Å². The molecule has 0 aromatic rings. The van der Waals surface area contributed by atoms with Gasteiger partial charge in [0, 0.05) is 19.1 Å². The largest absolute Gasteiger partial charge is 0.396 e. The Morgan fingerprint density at radius 1 is 1.32 bits per heavy atom. The number of allylic oxidation sites excluding steroid dienone is 1. The smallest absolute Gasteiger partial charge is 0.0850 e. The van der Waals surface area contributed by atoms with Gasteiger partial charge < -0.3 is 9.84 Å². The van der Waals surface area contributed by atoms with Gasteiger partial charge in [0.1, 0.15) is 0 Å². The highest BCUT2D eigenvalue weighted by atomic mass is 16.5. The van der Waals surface area contributed by atoms with Crippen LogP contribution in [0.3, 0.4) is 0 Å². The van der Waals surface area contributed by atoms with Gasteiger partial charge in [0.15, 0.2) is 0 Å². The van der Waals surface area contributed by atoms with E-state index < -0.39 is 0 Å². The molecule has 0 saturated heterocycles. The fraction of sp³-hybridized carbons (Fsp3) is 0.826. The molecule has 0 radical (unpaired) electrons. The minimum Gasteiger partial charge on any atom is -0.396 e. The summed E-state index contributed by atoms with van der Waals surface area (Å²) >= 11 is 0. The molecule has 0 amide bonds. The monoisotopic (exact) mass is 344 g/mol. The van der Waals surface area contributed by atoms with Crippen molar-refractivity contribution in [1.82, 2.24) is 0 Å². The molecule has 4 aliphatic rings. The summed E-state index contributed by atoms with van der Waals surface area (Å²) in [5, 5.41) is 9.72. The van der Waals surface area contributed by atoms with E-state index in [2.05, 4.69) is 26.5 Å². The zero-order chi connectivity index (χ0) is 17.8. The number of methoxy groups -OCH3 is 1. The zero-order valence-electron chi connectivity index (χ0n) is 16.4. The Morgan fingerprint density at radius 3 is 2.72 bits per heavy atom. The predicted molar refractivity (Wildman–Crippen MR) is 102 cm³/mol. The lowest BCUT2D eigenvalue weighted by Crippen LogP contribution is -2.37. The second-order valence-corrected chi connectivity index (χ2v) is 9.74. The second kappa shape index (κ2) is 6.23. The maximum Gasteiger partial charge on any atom is 0.0850 e. The van der Waals surface area contributed by atoms with Crippen molar-refractivity contribution in [2.75, 3.05) is 13.7 Å². The third-order valence-corrected chi connectivity index (χ3v) is 8.75. The van der Waals surface area contributed by atoms with Crippen molar-refractivity contribution in [3.05, 3.63) is 23.8 Å². The van der Waals surface area contributed by atoms with Crippen LogP contribution < -0.4 is 0 Å². The Balaban J connectivity index is 1.60. The molecule has 1 N–H and O–H groups in total. The van der Waals surface area contributed by atoms with Gasteiger partial charge in [0.2, 0.25) is 0 Å². The van der Waals surface area contributed by atoms with Crippen LogP contribution in [0, 0.1) is 34.5 Å². The van der Waals surface area contributed by atoms with Crippen LogP contribution in [-0.4, -0.2) is 24.9 Å². The van der Waals surface area contributed by atoms with Crippen LogP contribution in [-0.2, 0) is 4.74 Å². The number of ether oxygens (including phenoxy) is 1. The third-order valence-electron chi connectivity index (χ3n) is 8.75. The topological polar surface area (TPSA) is 29.5 Å². The number of aliphatic hydroxyl groups excluding tert-OH is 1. The Morgan fingerprint density at radius 2 is 2.12 bits per heavy atom. The molecule has 2 nitrogen and oxygen atoms in total. The second-order valence-electron chi connectivity index (χ2n) is 9.74. The highest BCUT2D eigenvalue weighted by Gasteiger charge is 2.63. The SMILES string of the molecule is C=C1CC[C@@H]2C[C@]12[C@@H](/C=C1\CCC[C@]2(C)[C@@H]([C@H](C)CO)CC[C@@H]12)OC. The predicted octanol–water partition coefficient (Wildman–Crippen LogP) is 5.13. The molecular formula is C23H36O2. The normalized spacial score (nSPS) is 46.8. The molecule has 0 aromatic heterocycles. The molecule has 4 aliphatic carbocycles. The number of rotatable bonds is 5. The quantitative estimate of drug-likeness (QED) is 0.701. The van der Waals surface area contributed by atoms with Crippen molar-refractivity contribution in [1.29, 1.82) is 0 Å². The maximum absolute atomic E-state index is 9.72. The van der Waals surface area contributed by atoms with Crippen molar-refractivity contribution in [3.8, 4) is 0 Å². The molecule has 140 valence electrons. The van der Waals surface area contributed by atoms with Crippen molar-refractivity contribution in [3.63, 3.8) is 0 Å². The van der Waals surface area contributed by atoms with Crippen molar-refractivity contribution in [2.45, 2.75) is 71.3 Å². The van der Waals surface area contributed by atoms with Crippen LogP contribution >= 0.6 is 0 Å². The van der Waals surface area contributed by atoms with Gasteiger partial charge >= 0.3 is 0 Å². The lowest BCUT2D eigenvalue weighted by atomic mass is 9.61. The minimum absolute atomic E-state index is 0.235. The van der Waals surface area contributed by atoms with Crippen LogP contribution in [0.5, 0.6) is 0 Å². The average molecular weight is 345 g/mol. The van der Waals surface area contributed by atoms with Crippen LogP contribution in [0.4, 0.5) is 0 Å². The summed E-state index contributed by atoms with van der Waals surface area (Å²) in [7, 11) is 1.89. The van der Waals surface area contributed by atoms with Gasteiger partial charge in [0.05, 0.1) is 6.10 Å². The number of hydrogen-bond acceptors (Lipinski definition) is 2. The molecule has 4 rings (SSSR count). The van der Waals surface area contributed by atoms with E-state index in [0.29, 0.717) is 29.8 Å². The van der Waals surface area contributed by atoms with Gasteiger partial charge in [-0.25, -0.2) is 0 Å². The molecular weight excluding hydrogens is 308 g/mol. The average Bonchev–Trinajstić information content (AvgIpc) is 3.11. The van der Waals surface area contributed by atoms with E-state index in [-0.39, 0.29) is 11.5 Å². The first kappa shape index (κ1) is 17.8. The molecule has 25 heavy (non-hydrogen) atoms. The summed E-state index contributed by atoms with van der Waals surface area (Å²) in [6, 6.07) is 0. The van der Waals surface area contributed by atoms with Crippen molar-refractivity contribution < 1.29 is 9.84 Å². The molecule has 0 heterocycles. The molecule has 7 atom stereocenters. The Bertz CT molecular complexity index is 579. The Kier molecular flexibility index (Phi) is 4.44. The molecule has 0 spiro atoms. The summed E-state index contributed by atoms with van der Waals surface area (Å²) in [5.41, 5.74) is 3.75. The standard InChI is InChI=1S/C23H36O2/c1-15(14-24)19-9-10-20-17(6-5-11-22(19,20)3)12-21(25-4)23-13-18(23)8-7-16(23)2/h12,15,18-21,24H,2,5-11,13-14H2,1,3-4H3/b17-12+/t15-,18-,19-,20+,21-,22-,23+/m1/s1. The van der Waals surface area contributed by atoms with E-state index >= 15 is 0 Å². The van der Waals surface area contributed by atoms with Crippen LogP contribution in [0.1, 0.15) is 65.2 Å². The lowest BCUT2D eigenvalue weighted by Gasteiger charge is -2.44. The lowest BCUT2D eigenvalue weighted by molar-refractivity contribution is 0.0640. The van der Waals surface area contributed by atoms with E-state index in [9.17, 15) is 5.11 Å². The summed E-state index contributed by atoms with van der Waals surface area (Å²) in [6.45, 7) is 9.47. The first-order valence-corrected chi connectivity index (χ1v) is 10.5. The summed E-state index contributed by atoms with van der Waals surface area (Å²) in [5.74, 6) is 2.61. The van der Waals surface area contributed by atoms with E-state index in [1.165, 1.54) is 56.9 Å². The van der Waals surface area contributed by atoms with E-state index in [1.54, 1.807) is 5.57 Å². The Labute approximate surface area is 153 Å². The summed E-state index contributed by atoms with van der Waals surface area (Å²) < 4.78 is 6.05. The maximum atomic E-state index is 9.72. The van der Waals surface area contributed by atoms with Crippen LogP contribution in [0.2, 0.25) is 0 Å².